The van der Waals surface area contributed by atoms with Crippen molar-refractivity contribution in [3.05, 3.63) is 58.2 Å². The van der Waals surface area contributed by atoms with Gasteiger partial charge in [-0.05, 0) is 29.2 Å². The van der Waals surface area contributed by atoms with Crippen molar-refractivity contribution in [2.75, 3.05) is 6.61 Å². The Bertz CT molecular complexity index is 847. The van der Waals surface area contributed by atoms with Crippen LogP contribution in [0.2, 0.25) is 0 Å². The zero-order chi connectivity index (χ0) is 18.9. The second-order valence-corrected chi connectivity index (χ2v) is 6.43. The highest BCUT2D eigenvalue weighted by Crippen LogP contribution is 2.35. The Morgan fingerprint density at radius 1 is 1.08 bits per heavy atom. The molecule has 2 nitrogen and oxygen atoms in total. The zero-order valence-corrected chi connectivity index (χ0v) is 14.0. The van der Waals surface area contributed by atoms with Crippen molar-refractivity contribution < 1.29 is 31.4 Å². The monoisotopic (exact) mass is 372 g/mol. The van der Waals surface area contributed by atoms with Gasteiger partial charge in [0.1, 0.15) is 11.6 Å². The van der Waals surface area contributed by atoms with Crippen LogP contribution in [0.3, 0.4) is 0 Å². The first-order valence-corrected chi connectivity index (χ1v) is 8.20. The van der Waals surface area contributed by atoms with E-state index < -0.39 is 30.2 Å². The summed E-state index contributed by atoms with van der Waals surface area (Å²) < 4.78 is 73.5. The van der Waals surface area contributed by atoms with Gasteiger partial charge in [0.25, 0.3) is 0 Å². The maximum Gasteiger partial charge on any atom is 0.573 e. The molecule has 0 spiro atoms. The number of hydrogen-bond donors (Lipinski definition) is 0. The lowest BCUT2D eigenvalue weighted by atomic mass is 10.0. The topological polar surface area (TPSA) is 18.5 Å². The number of rotatable bonds is 1. The van der Waals surface area contributed by atoms with Gasteiger partial charge in [-0.15, -0.1) is 13.2 Å². The van der Waals surface area contributed by atoms with E-state index in [4.69, 9.17) is 4.74 Å². The van der Waals surface area contributed by atoms with Gasteiger partial charge in [-0.1, -0.05) is 31.2 Å². The van der Waals surface area contributed by atoms with Crippen molar-refractivity contribution in [2.45, 2.75) is 32.5 Å². The Morgan fingerprint density at radius 2 is 1.73 bits per heavy atom. The molecular formula is C19H17F5O2. The largest absolute Gasteiger partial charge is 0.573 e. The highest BCUT2D eigenvalue weighted by atomic mass is 19.4. The van der Waals surface area contributed by atoms with Crippen LogP contribution in [-0.2, 0) is 9.47 Å². The lowest BCUT2D eigenvalue weighted by molar-refractivity contribution is -0.305. The molecule has 1 heterocycles. The van der Waals surface area contributed by atoms with E-state index in [0.29, 0.717) is 17.7 Å². The van der Waals surface area contributed by atoms with E-state index in [1.165, 1.54) is 0 Å². The van der Waals surface area contributed by atoms with Gasteiger partial charge in [0.15, 0.2) is 11.6 Å². The van der Waals surface area contributed by atoms with Gasteiger partial charge in [-0.25, -0.2) is 8.78 Å². The molecule has 1 saturated heterocycles. The van der Waals surface area contributed by atoms with Crippen LogP contribution in [0.4, 0.5) is 22.0 Å². The van der Waals surface area contributed by atoms with Crippen molar-refractivity contribution >= 4 is 11.3 Å². The number of halogens is 5. The molecule has 7 heteroatoms. The van der Waals surface area contributed by atoms with Crippen LogP contribution >= 0.6 is 0 Å². The van der Waals surface area contributed by atoms with E-state index in [2.05, 4.69) is 11.7 Å². The molecule has 2 aliphatic rings. The van der Waals surface area contributed by atoms with Crippen LogP contribution in [0.5, 0.6) is 0 Å². The smallest absolute Gasteiger partial charge is 0.497 e. The maximum absolute atomic E-state index is 13.9. The predicted octanol–water partition coefficient (Wildman–Crippen LogP) is 4.37. The Morgan fingerprint density at radius 3 is 2.27 bits per heavy atom. The molecule has 0 saturated carbocycles. The molecule has 140 valence electrons. The van der Waals surface area contributed by atoms with Crippen LogP contribution in [0.1, 0.15) is 26.2 Å². The third-order valence-electron chi connectivity index (χ3n) is 4.31. The Balaban J connectivity index is 1.90. The highest BCUT2D eigenvalue weighted by Gasteiger charge is 2.36. The summed E-state index contributed by atoms with van der Waals surface area (Å²) in [5, 5.41) is 1.41. The molecule has 1 aromatic carbocycles. The highest BCUT2D eigenvalue weighted by molar-refractivity contribution is 5.64. The van der Waals surface area contributed by atoms with Crippen LogP contribution in [0.25, 0.3) is 11.3 Å². The average Bonchev–Trinajstić information content (AvgIpc) is 2.58. The minimum absolute atomic E-state index is 0.240. The Labute approximate surface area is 146 Å². The molecule has 1 fully saturated rings. The van der Waals surface area contributed by atoms with Gasteiger partial charge >= 0.3 is 6.36 Å². The summed E-state index contributed by atoms with van der Waals surface area (Å²) in [6.07, 6.45) is -2.90. The van der Waals surface area contributed by atoms with E-state index in [1.807, 2.05) is 0 Å². The number of hydrogen-bond acceptors (Lipinski definition) is 2. The second kappa shape index (κ2) is 7.13. The first-order chi connectivity index (χ1) is 12.2. The Kier molecular flexibility index (Phi) is 5.07. The predicted molar refractivity (Wildman–Crippen MR) is 85.9 cm³/mol. The fourth-order valence-electron chi connectivity index (χ4n) is 2.93. The SMILES string of the molecule is CC1CCC(=c2ccc(=C3C=C(F)C(OC(F)(F)F)=C(F)C3)cc2)OC1. The normalized spacial score (nSPS) is 21.5. The van der Waals surface area contributed by atoms with E-state index in [0.717, 1.165) is 29.9 Å². The van der Waals surface area contributed by atoms with Crippen molar-refractivity contribution in [3.8, 4) is 0 Å². The fraction of sp³-hybridized carbons (Fsp3) is 0.368. The van der Waals surface area contributed by atoms with Crippen molar-refractivity contribution in [3.63, 3.8) is 0 Å². The number of ether oxygens (including phenoxy) is 2. The molecule has 0 bridgehead atoms. The van der Waals surface area contributed by atoms with Crippen LogP contribution < -0.4 is 10.4 Å². The minimum atomic E-state index is -5.15. The molecule has 1 aromatic rings. The lowest BCUT2D eigenvalue weighted by Gasteiger charge is -2.21. The average molecular weight is 372 g/mol. The van der Waals surface area contributed by atoms with E-state index in [-0.39, 0.29) is 5.57 Å². The molecule has 0 radical (unpaired) electrons. The molecule has 0 amide bonds. The van der Waals surface area contributed by atoms with Gasteiger partial charge in [0.05, 0.1) is 6.61 Å². The standard InChI is InChI=1S/C19H17F5O2/c1-11-2-7-17(25-10-11)13-5-3-12(4-6-13)14-8-15(20)18(16(21)9-14)26-19(22,23)24/h3-6,8,11H,2,7,9-10H2,1H3. The molecular weight excluding hydrogens is 355 g/mol. The molecule has 0 N–H and O–H groups in total. The summed E-state index contributed by atoms with van der Waals surface area (Å²) in [7, 11) is 0. The second-order valence-electron chi connectivity index (χ2n) is 6.43. The lowest BCUT2D eigenvalue weighted by Crippen LogP contribution is -2.20. The molecule has 0 aromatic heterocycles. The third kappa shape index (κ3) is 4.26. The summed E-state index contributed by atoms with van der Waals surface area (Å²) >= 11 is 0. The zero-order valence-electron chi connectivity index (χ0n) is 14.0. The molecule has 1 aliphatic carbocycles. The first kappa shape index (κ1) is 18.5. The fourth-order valence-corrected chi connectivity index (χ4v) is 2.93. The van der Waals surface area contributed by atoms with Crippen molar-refractivity contribution in [1.29, 1.82) is 0 Å². The molecule has 1 atom stereocenters. The number of alkyl halides is 3. The van der Waals surface area contributed by atoms with Crippen LogP contribution in [0.15, 0.2) is 47.8 Å². The molecule has 26 heavy (non-hydrogen) atoms. The van der Waals surface area contributed by atoms with Gasteiger partial charge in [-0.3, -0.25) is 0 Å². The van der Waals surface area contributed by atoms with Gasteiger partial charge in [-0.2, -0.15) is 0 Å². The summed E-state index contributed by atoms with van der Waals surface area (Å²) in [5.74, 6) is -2.70. The molecule has 1 unspecified atom stereocenters. The quantitative estimate of drug-likeness (QED) is 0.682. The van der Waals surface area contributed by atoms with E-state index in [1.54, 1.807) is 24.3 Å². The van der Waals surface area contributed by atoms with Gasteiger partial charge in [0, 0.05) is 18.1 Å². The number of benzene rings is 1. The van der Waals surface area contributed by atoms with Crippen LogP contribution in [-0.4, -0.2) is 13.0 Å². The van der Waals surface area contributed by atoms with Gasteiger partial charge < -0.3 is 9.47 Å². The summed E-state index contributed by atoms with van der Waals surface area (Å²) in [6.45, 7) is 2.76. The first-order valence-electron chi connectivity index (χ1n) is 8.20. The summed E-state index contributed by atoms with van der Waals surface area (Å²) in [6, 6.07) is 6.91. The Hall–Kier alpha value is -2.31. The third-order valence-corrected chi connectivity index (χ3v) is 4.31. The van der Waals surface area contributed by atoms with E-state index in [9.17, 15) is 22.0 Å². The van der Waals surface area contributed by atoms with E-state index >= 15 is 0 Å². The summed E-state index contributed by atoms with van der Waals surface area (Å²) in [4.78, 5) is 0. The minimum Gasteiger partial charge on any atom is -0.497 e. The maximum atomic E-state index is 13.9. The molecule has 3 rings (SSSR count). The molecule has 1 aliphatic heterocycles. The summed E-state index contributed by atoms with van der Waals surface area (Å²) in [5.41, 5.74) is 0.240. The van der Waals surface area contributed by atoms with Crippen molar-refractivity contribution in [2.24, 2.45) is 5.92 Å². The van der Waals surface area contributed by atoms with Crippen LogP contribution in [0, 0.1) is 5.92 Å². The van der Waals surface area contributed by atoms with Gasteiger partial charge in [0.2, 0.25) is 0 Å². The van der Waals surface area contributed by atoms with Crippen molar-refractivity contribution in [1.82, 2.24) is 0 Å². The number of allylic oxidation sites excluding steroid dienone is 3.